The molecule has 29 heavy (non-hydrogen) atoms. The van der Waals surface area contributed by atoms with Crippen molar-refractivity contribution in [1.82, 2.24) is 4.98 Å². The molecule has 2 N–H and O–H groups in total. The molecule has 2 aliphatic heterocycles. The van der Waals surface area contributed by atoms with Crippen LogP contribution in [0.2, 0.25) is 0 Å². The summed E-state index contributed by atoms with van der Waals surface area (Å²) in [6.07, 6.45) is -0.849. The van der Waals surface area contributed by atoms with E-state index in [4.69, 9.17) is 4.42 Å². The van der Waals surface area contributed by atoms with Crippen LogP contribution in [0.5, 0.6) is 0 Å². The summed E-state index contributed by atoms with van der Waals surface area (Å²) in [5, 5.41) is 5.41. The first kappa shape index (κ1) is 19.7. The number of hydrogen-bond acceptors (Lipinski definition) is 4. The molecule has 0 saturated carbocycles. The van der Waals surface area contributed by atoms with E-state index in [2.05, 4.69) is 15.6 Å². The van der Waals surface area contributed by atoms with Crippen LogP contribution in [-0.2, 0) is 16.0 Å². The normalized spacial score (nSPS) is 16.9. The second kappa shape index (κ2) is 7.65. The molecular weight excluding hydrogens is 502 g/mol. The van der Waals surface area contributed by atoms with Crippen molar-refractivity contribution in [3.05, 3.63) is 49.5 Å². The average molecular weight is 516 g/mol. The summed E-state index contributed by atoms with van der Waals surface area (Å²) < 4.78 is 47.6. The van der Waals surface area contributed by atoms with Crippen molar-refractivity contribution in [2.45, 2.75) is 25.4 Å². The molecule has 2 aliphatic rings. The summed E-state index contributed by atoms with van der Waals surface area (Å²) in [5.74, 6) is -0.798. The summed E-state index contributed by atoms with van der Waals surface area (Å²) >= 11 is -0.548. The van der Waals surface area contributed by atoms with E-state index >= 15 is 0 Å². The molecule has 10 heteroatoms. The van der Waals surface area contributed by atoms with Gasteiger partial charge in [0.25, 0.3) is 0 Å². The minimum absolute atomic E-state index is 0.0329. The van der Waals surface area contributed by atoms with Crippen LogP contribution in [0, 0.1) is 0 Å². The molecule has 0 aliphatic carbocycles. The predicted octanol–water partition coefficient (Wildman–Crippen LogP) is 1.03. The van der Waals surface area contributed by atoms with Gasteiger partial charge in [-0.15, -0.1) is 0 Å². The first-order valence-electron chi connectivity index (χ1n) is 8.57. The van der Waals surface area contributed by atoms with Gasteiger partial charge >= 0.3 is 173 Å². The van der Waals surface area contributed by atoms with Gasteiger partial charge in [0.15, 0.2) is 0 Å². The number of carbonyl (C=O) groups excluding carboxylic acids is 2. The number of hydrogen-bond donors (Lipinski definition) is 2. The first-order valence-corrected chi connectivity index (χ1v) is 11.1. The SMILES string of the molecule is O=C1CCc2cc(NC(=O)C3=C(CC(F)(F)F)C=C[I-]C=C3)c3ocnc3c2N1. The fraction of sp³-hybridized carbons (Fsp3) is 0.211. The van der Waals surface area contributed by atoms with Crippen LogP contribution in [-0.4, -0.2) is 23.0 Å². The van der Waals surface area contributed by atoms with Gasteiger partial charge in [-0.05, 0) is 0 Å². The zero-order valence-corrected chi connectivity index (χ0v) is 16.9. The predicted molar refractivity (Wildman–Crippen MR) is 95.6 cm³/mol. The summed E-state index contributed by atoms with van der Waals surface area (Å²) in [7, 11) is 0. The third-order valence-corrected chi connectivity index (χ3v) is 5.99. The molecule has 0 unspecified atom stereocenters. The number of allylic oxidation sites excluding steroid dienone is 2. The topological polar surface area (TPSA) is 84.2 Å². The molecule has 6 nitrogen and oxygen atoms in total. The van der Waals surface area contributed by atoms with E-state index in [1.165, 1.54) is 18.5 Å². The van der Waals surface area contributed by atoms with Crippen LogP contribution >= 0.6 is 0 Å². The molecular formula is C19H14F3IN3O3-. The number of fused-ring (bicyclic) bond motifs is 3. The number of carbonyl (C=O) groups is 2. The van der Waals surface area contributed by atoms with Gasteiger partial charge in [-0.3, -0.25) is 0 Å². The second-order valence-corrected chi connectivity index (χ2v) is 8.59. The Morgan fingerprint density at radius 2 is 2.07 bits per heavy atom. The number of halogens is 4. The number of aromatic nitrogens is 1. The van der Waals surface area contributed by atoms with Crippen molar-refractivity contribution in [3.8, 4) is 0 Å². The van der Waals surface area contributed by atoms with Crippen molar-refractivity contribution in [3.63, 3.8) is 0 Å². The first-order chi connectivity index (χ1) is 13.8. The summed E-state index contributed by atoms with van der Waals surface area (Å²) in [6, 6.07) is 1.66. The molecule has 0 saturated heterocycles. The van der Waals surface area contributed by atoms with Crippen LogP contribution in [0.4, 0.5) is 24.5 Å². The maximum atomic E-state index is 13.0. The number of aryl methyl sites for hydroxylation is 1. The van der Waals surface area contributed by atoms with Gasteiger partial charge in [-0.1, -0.05) is 0 Å². The molecule has 0 radical (unpaired) electrons. The van der Waals surface area contributed by atoms with Crippen molar-refractivity contribution in [2.75, 3.05) is 10.6 Å². The van der Waals surface area contributed by atoms with Crippen molar-refractivity contribution < 1.29 is 48.4 Å². The Hall–Kier alpha value is -2.63. The van der Waals surface area contributed by atoms with Crippen LogP contribution in [0.1, 0.15) is 18.4 Å². The van der Waals surface area contributed by atoms with Gasteiger partial charge in [0, 0.05) is 0 Å². The minimum atomic E-state index is -4.43. The monoisotopic (exact) mass is 516 g/mol. The van der Waals surface area contributed by atoms with E-state index < -0.39 is 39.7 Å². The van der Waals surface area contributed by atoms with E-state index in [0.717, 1.165) is 5.56 Å². The van der Waals surface area contributed by atoms with Crippen LogP contribution < -0.4 is 31.8 Å². The molecule has 0 atom stereocenters. The van der Waals surface area contributed by atoms with Crippen LogP contribution in [0.3, 0.4) is 0 Å². The Balaban J connectivity index is 1.72. The van der Waals surface area contributed by atoms with Crippen LogP contribution in [0.15, 0.2) is 48.3 Å². The molecule has 2 amide bonds. The Labute approximate surface area is 173 Å². The zero-order valence-electron chi connectivity index (χ0n) is 14.8. The third-order valence-electron chi connectivity index (χ3n) is 4.44. The molecule has 3 heterocycles. The molecule has 0 spiro atoms. The number of alkyl halides is 3. The number of benzene rings is 1. The van der Waals surface area contributed by atoms with Gasteiger partial charge in [0.05, 0.1) is 0 Å². The van der Waals surface area contributed by atoms with Gasteiger partial charge < -0.3 is 0 Å². The standard InChI is InChI=1S/C19H14F3IN3O3/c20-19(21,22)8-11-3-5-23-6-4-12(11)18(28)25-13-7-10-1-2-14(27)26-15(10)16-17(13)29-9-24-16/h3-7,9H,1-2,8H2,(H,25,28)(H,26,27)/q-1. The quantitative estimate of drug-likeness (QED) is 0.598. The third kappa shape index (κ3) is 4.21. The maximum absolute atomic E-state index is 13.0. The van der Waals surface area contributed by atoms with E-state index in [1.54, 1.807) is 14.2 Å². The Morgan fingerprint density at radius 1 is 1.28 bits per heavy atom. The van der Waals surface area contributed by atoms with Gasteiger partial charge in [0.1, 0.15) is 0 Å². The van der Waals surface area contributed by atoms with E-state index in [1.807, 2.05) is 0 Å². The number of amides is 2. The number of nitrogens with one attached hydrogen (secondary N) is 2. The number of oxazole rings is 1. The number of nitrogens with zero attached hydrogens (tertiary/aromatic N) is 1. The summed E-state index contributed by atoms with van der Waals surface area (Å²) in [6.45, 7) is 0. The van der Waals surface area contributed by atoms with E-state index in [0.29, 0.717) is 29.7 Å². The molecule has 152 valence electrons. The van der Waals surface area contributed by atoms with Crippen molar-refractivity contribution in [1.29, 1.82) is 0 Å². The molecule has 1 aromatic heterocycles. The van der Waals surface area contributed by atoms with Crippen molar-refractivity contribution >= 4 is 34.3 Å². The summed E-state index contributed by atoms with van der Waals surface area (Å²) in [4.78, 5) is 28.7. The van der Waals surface area contributed by atoms with Gasteiger partial charge in [-0.2, -0.15) is 0 Å². The van der Waals surface area contributed by atoms with Crippen LogP contribution in [0.25, 0.3) is 11.1 Å². The zero-order chi connectivity index (χ0) is 20.6. The number of anilines is 2. The molecule has 1 aromatic carbocycles. The van der Waals surface area contributed by atoms with E-state index in [-0.39, 0.29) is 22.6 Å². The molecule has 0 bridgehead atoms. The average Bonchev–Trinajstić information content (AvgIpc) is 3.03. The Bertz CT molecular complexity index is 1100. The Morgan fingerprint density at radius 3 is 2.86 bits per heavy atom. The fourth-order valence-electron chi connectivity index (χ4n) is 3.19. The van der Waals surface area contributed by atoms with E-state index in [9.17, 15) is 22.8 Å². The van der Waals surface area contributed by atoms with Gasteiger partial charge in [-0.25, -0.2) is 0 Å². The molecule has 2 aromatic rings. The van der Waals surface area contributed by atoms with Gasteiger partial charge in [0.2, 0.25) is 0 Å². The van der Waals surface area contributed by atoms with Crippen molar-refractivity contribution in [2.24, 2.45) is 0 Å². The molecule has 0 fully saturated rings. The summed E-state index contributed by atoms with van der Waals surface area (Å²) in [5.41, 5.74) is 2.12. The fourth-order valence-corrected chi connectivity index (χ4v) is 4.64. The second-order valence-electron chi connectivity index (χ2n) is 6.43. The number of rotatable bonds is 3. The molecule has 4 rings (SSSR count). The Kier molecular flexibility index (Phi) is 5.19.